The van der Waals surface area contributed by atoms with Crippen molar-refractivity contribution in [2.45, 2.75) is 109 Å². The molecule has 0 aromatic carbocycles. The van der Waals surface area contributed by atoms with Crippen LogP contribution in [-0.4, -0.2) is 69.2 Å². The Labute approximate surface area is 177 Å². The third-order valence-corrected chi connectivity index (χ3v) is 7.88. The highest BCUT2D eigenvalue weighted by atomic mass is 16.5. The van der Waals surface area contributed by atoms with Gasteiger partial charge in [-0.1, -0.05) is 0 Å². The Morgan fingerprint density at radius 1 is 0.793 bits per heavy atom. The number of carboxylic acid groups (broad SMARTS) is 1. The molecule has 2 heterocycles. The number of hydrogen-bond donors (Lipinski definition) is 1. The van der Waals surface area contributed by atoms with Crippen molar-refractivity contribution in [3.8, 4) is 0 Å². The molecule has 1 atom stereocenters. The minimum absolute atomic E-state index is 0.122. The van der Waals surface area contributed by atoms with Gasteiger partial charge in [-0.15, -0.1) is 0 Å². The monoisotopic (exact) mass is 410 g/mol. The van der Waals surface area contributed by atoms with Crippen LogP contribution in [0.4, 0.5) is 0 Å². The number of nitrogens with zero attached hydrogens (tertiary/aromatic N) is 2. The second-order valence-corrected chi connectivity index (χ2v) is 11.8. The third-order valence-electron chi connectivity index (χ3n) is 7.88. The molecule has 0 spiro atoms. The normalized spacial score (nSPS) is 28.6. The first kappa shape index (κ1) is 24.1. The maximum Gasteiger partial charge on any atom is 0.320 e. The van der Waals surface area contributed by atoms with E-state index in [2.05, 4.69) is 79.3 Å². The van der Waals surface area contributed by atoms with Crippen molar-refractivity contribution in [2.75, 3.05) is 14.1 Å². The molecule has 0 bridgehead atoms. The van der Waals surface area contributed by atoms with E-state index in [4.69, 9.17) is 4.74 Å². The average Bonchev–Trinajstić information content (AvgIpc) is 2.48. The quantitative estimate of drug-likeness (QED) is 0.562. The standard InChI is InChI=1S/C23H42N2O4/c1-20(2)11-15(12-21(3,4)24(20)9)17(18(26)27)19(28)29-16-13-22(5,6)25(10)23(7,8)14-16/h15-17H,11-14H2,1-10H3,(H,26,27). The van der Waals surface area contributed by atoms with Gasteiger partial charge in [0.2, 0.25) is 0 Å². The van der Waals surface area contributed by atoms with Gasteiger partial charge in [0.25, 0.3) is 0 Å². The topological polar surface area (TPSA) is 70.1 Å². The zero-order valence-electron chi connectivity index (χ0n) is 20.1. The Morgan fingerprint density at radius 2 is 1.14 bits per heavy atom. The lowest BCUT2D eigenvalue weighted by Crippen LogP contribution is -2.61. The van der Waals surface area contributed by atoms with Crippen LogP contribution in [0.15, 0.2) is 0 Å². The van der Waals surface area contributed by atoms with Gasteiger partial charge >= 0.3 is 11.9 Å². The summed E-state index contributed by atoms with van der Waals surface area (Å²) < 4.78 is 5.89. The molecule has 6 nitrogen and oxygen atoms in total. The summed E-state index contributed by atoms with van der Waals surface area (Å²) >= 11 is 0. The summed E-state index contributed by atoms with van der Waals surface area (Å²) in [5, 5.41) is 9.96. The van der Waals surface area contributed by atoms with Crippen LogP contribution < -0.4 is 0 Å². The first-order valence-corrected chi connectivity index (χ1v) is 10.8. The number of carboxylic acids is 1. The van der Waals surface area contributed by atoms with Crippen molar-refractivity contribution in [1.82, 2.24) is 9.80 Å². The van der Waals surface area contributed by atoms with Crippen molar-refractivity contribution < 1.29 is 19.4 Å². The third kappa shape index (κ3) is 4.79. The molecule has 0 amide bonds. The Kier molecular flexibility index (Phi) is 6.26. The van der Waals surface area contributed by atoms with Gasteiger partial charge < -0.3 is 9.84 Å². The fraction of sp³-hybridized carbons (Fsp3) is 0.913. The van der Waals surface area contributed by atoms with Crippen molar-refractivity contribution in [1.29, 1.82) is 0 Å². The molecule has 1 N–H and O–H groups in total. The van der Waals surface area contributed by atoms with Gasteiger partial charge in [-0.3, -0.25) is 19.4 Å². The van der Waals surface area contributed by atoms with Crippen molar-refractivity contribution >= 4 is 11.9 Å². The highest BCUT2D eigenvalue weighted by Gasteiger charge is 2.50. The first-order valence-electron chi connectivity index (χ1n) is 10.8. The van der Waals surface area contributed by atoms with E-state index < -0.39 is 17.9 Å². The van der Waals surface area contributed by atoms with Crippen LogP contribution in [0, 0.1) is 11.8 Å². The van der Waals surface area contributed by atoms with Crippen LogP contribution in [0.25, 0.3) is 0 Å². The number of esters is 1. The lowest BCUT2D eigenvalue weighted by atomic mass is 9.69. The van der Waals surface area contributed by atoms with E-state index >= 15 is 0 Å². The second-order valence-electron chi connectivity index (χ2n) is 11.8. The second kappa shape index (κ2) is 7.52. The average molecular weight is 411 g/mol. The van der Waals surface area contributed by atoms with E-state index in [9.17, 15) is 14.7 Å². The number of carbonyl (C=O) groups excluding carboxylic acids is 1. The highest BCUT2D eigenvalue weighted by Crippen LogP contribution is 2.44. The maximum atomic E-state index is 13.1. The molecule has 0 aliphatic carbocycles. The van der Waals surface area contributed by atoms with Crippen molar-refractivity contribution in [3.63, 3.8) is 0 Å². The zero-order valence-corrected chi connectivity index (χ0v) is 20.1. The zero-order chi connectivity index (χ0) is 22.6. The molecule has 2 saturated heterocycles. The molecule has 2 aliphatic rings. The number of hydrogen-bond acceptors (Lipinski definition) is 5. The van der Waals surface area contributed by atoms with Crippen LogP contribution in [0.2, 0.25) is 0 Å². The molecule has 0 saturated carbocycles. The van der Waals surface area contributed by atoms with Crippen LogP contribution >= 0.6 is 0 Å². The largest absolute Gasteiger partial charge is 0.481 e. The molecule has 6 heteroatoms. The van der Waals surface area contributed by atoms with Gasteiger partial charge in [0.1, 0.15) is 6.10 Å². The van der Waals surface area contributed by atoms with Crippen LogP contribution in [0.5, 0.6) is 0 Å². The molecule has 2 fully saturated rings. The number of aliphatic carboxylic acids is 1. The number of ether oxygens (including phenoxy) is 1. The van der Waals surface area contributed by atoms with Crippen LogP contribution in [-0.2, 0) is 14.3 Å². The van der Waals surface area contributed by atoms with E-state index in [1.807, 2.05) is 0 Å². The molecule has 0 radical (unpaired) electrons. The molecule has 29 heavy (non-hydrogen) atoms. The summed E-state index contributed by atoms with van der Waals surface area (Å²) in [5.41, 5.74) is -0.609. The van der Waals surface area contributed by atoms with E-state index in [-0.39, 0.29) is 34.2 Å². The first-order chi connectivity index (χ1) is 12.9. The fourth-order valence-corrected chi connectivity index (χ4v) is 5.78. The summed E-state index contributed by atoms with van der Waals surface area (Å²) in [7, 11) is 4.17. The van der Waals surface area contributed by atoms with E-state index in [0.717, 1.165) is 0 Å². The molecular weight excluding hydrogens is 368 g/mol. The minimum atomic E-state index is -1.12. The van der Waals surface area contributed by atoms with Gasteiger partial charge in [-0.25, -0.2) is 0 Å². The lowest BCUT2D eigenvalue weighted by Gasteiger charge is -2.54. The van der Waals surface area contributed by atoms with E-state index in [1.54, 1.807) is 0 Å². The Bertz CT molecular complexity index is 617. The summed E-state index contributed by atoms with van der Waals surface area (Å²) in [5.74, 6) is -3.00. The van der Waals surface area contributed by atoms with Crippen molar-refractivity contribution in [3.05, 3.63) is 0 Å². The number of likely N-dealkylation sites (tertiary alicyclic amines) is 2. The summed E-state index contributed by atoms with van der Waals surface area (Å²) in [6.45, 7) is 17.0. The van der Waals surface area contributed by atoms with E-state index in [1.165, 1.54) is 0 Å². The summed E-state index contributed by atoms with van der Waals surface area (Å²) in [6.07, 6.45) is 2.45. The van der Waals surface area contributed by atoms with Gasteiger partial charge in [0, 0.05) is 35.0 Å². The summed E-state index contributed by atoms with van der Waals surface area (Å²) in [6, 6.07) is 0. The molecule has 0 aromatic heterocycles. The molecule has 0 aromatic rings. The van der Waals surface area contributed by atoms with Gasteiger partial charge in [0.15, 0.2) is 5.92 Å². The van der Waals surface area contributed by atoms with Gasteiger partial charge in [0.05, 0.1) is 0 Å². The number of piperidine rings is 2. The van der Waals surface area contributed by atoms with Crippen molar-refractivity contribution in [2.24, 2.45) is 11.8 Å². The SMILES string of the molecule is CN1C(C)(C)CC(OC(=O)C(C(=O)O)C2CC(C)(C)N(C)C(C)(C)C2)CC1(C)C. The predicted octanol–water partition coefficient (Wildman–Crippen LogP) is 3.78. The maximum absolute atomic E-state index is 13.1. The Hall–Kier alpha value is -1.14. The minimum Gasteiger partial charge on any atom is -0.481 e. The smallest absolute Gasteiger partial charge is 0.320 e. The van der Waals surface area contributed by atoms with Crippen LogP contribution in [0.3, 0.4) is 0 Å². The molecule has 2 aliphatic heterocycles. The van der Waals surface area contributed by atoms with E-state index in [0.29, 0.717) is 25.7 Å². The molecule has 1 unspecified atom stereocenters. The molecular formula is C23H42N2O4. The lowest BCUT2D eigenvalue weighted by molar-refractivity contribution is -0.175. The molecule has 168 valence electrons. The highest BCUT2D eigenvalue weighted by molar-refractivity contribution is 5.94. The predicted molar refractivity (Wildman–Crippen MR) is 115 cm³/mol. The fourth-order valence-electron chi connectivity index (χ4n) is 5.78. The van der Waals surface area contributed by atoms with Crippen LogP contribution in [0.1, 0.15) is 81.1 Å². The Morgan fingerprint density at radius 3 is 1.48 bits per heavy atom. The number of carbonyl (C=O) groups is 2. The number of rotatable bonds is 4. The summed E-state index contributed by atoms with van der Waals surface area (Å²) in [4.78, 5) is 29.9. The van der Waals surface area contributed by atoms with Gasteiger partial charge in [-0.05, 0) is 88.2 Å². The van der Waals surface area contributed by atoms with Gasteiger partial charge in [-0.2, -0.15) is 0 Å². The molecule has 2 rings (SSSR count). The Balaban J connectivity index is 2.22.